The van der Waals surface area contributed by atoms with E-state index < -0.39 is 11.6 Å². The Hall–Kier alpha value is -1.78. The molecule has 0 radical (unpaired) electrons. The molecule has 0 aliphatic carbocycles. The lowest BCUT2D eigenvalue weighted by molar-refractivity contribution is 0.471. The fourth-order valence-electron chi connectivity index (χ4n) is 1.61. The van der Waals surface area contributed by atoms with Crippen molar-refractivity contribution >= 4 is 0 Å². The summed E-state index contributed by atoms with van der Waals surface area (Å²) in [6.07, 6.45) is 2.96. The lowest BCUT2D eigenvalue weighted by atomic mass is 10.0. The van der Waals surface area contributed by atoms with E-state index in [2.05, 4.69) is 10.1 Å². The van der Waals surface area contributed by atoms with Gasteiger partial charge in [0.05, 0.1) is 0 Å². The lowest BCUT2D eigenvalue weighted by Crippen LogP contribution is -2.09. The third kappa shape index (κ3) is 2.08. The van der Waals surface area contributed by atoms with Gasteiger partial charge in [0.2, 0.25) is 0 Å². The number of rotatable bonds is 3. The molecule has 16 heavy (non-hydrogen) atoms. The summed E-state index contributed by atoms with van der Waals surface area (Å²) in [5, 5.41) is 3.92. The minimum atomic E-state index is -0.817. The van der Waals surface area contributed by atoms with Gasteiger partial charge in [-0.3, -0.25) is 4.68 Å². The van der Waals surface area contributed by atoms with Gasteiger partial charge in [0.15, 0.2) is 11.6 Å². The Labute approximate surface area is 91.7 Å². The van der Waals surface area contributed by atoms with Crippen LogP contribution in [0.3, 0.4) is 0 Å². The van der Waals surface area contributed by atoms with Crippen LogP contribution in [0.2, 0.25) is 0 Å². The molecule has 3 nitrogen and oxygen atoms in total. The zero-order valence-corrected chi connectivity index (χ0v) is 8.77. The van der Waals surface area contributed by atoms with Crippen molar-refractivity contribution in [1.82, 2.24) is 14.8 Å². The SMILES string of the molecule is CC(Cn1cncn1)c1cccc(F)c1F. The Bertz CT molecular complexity index is 468. The molecule has 1 aromatic carbocycles. The molecule has 0 saturated carbocycles. The van der Waals surface area contributed by atoms with Crippen LogP contribution in [0.4, 0.5) is 8.78 Å². The normalized spacial score (nSPS) is 12.7. The average molecular weight is 223 g/mol. The summed E-state index contributed by atoms with van der Waals surface area (Å²) < 4.78 is 28.1. The Morgan fingerprint density at radius 1 is 1.38 bits per heavy atom. The summed E-state index contributed by atoms with van der Waals surface area (Å²) in [4.78, 5) is 3.79. The second-order valence-electron chi connectivity index (χ2n) is 3.66. The first-order valence-electron chi connectivity index (χ1n) is 4.95. The van der Waals surface area contributed by atoms with E-state index in [0.717, 1.165) is 6.07 Å². The minimum absolute atomic E-state index is 0.155. The zero-order valence-electron chi connectivity index (χ0n) is 8.77. The predicted octanol–water partition coefficient (Wildman–Crippen LogP) is 2.36. The van der Waals surface area contributed by atoms with Crippen LogP contribution in [-0.2, 0) is 6.54 Å². The quantitative estimate of drug-likeness (QED) is 0.799. The molecule has 0 aliphatic rings. The van der Waals surface area contributed by atoms with Crippen LogP contribution in [-0.4, -0.2) is 14.8 Å². The van der Waals surface area contributed by atoms with Gasteiger partial charge in [-0.1, -0.05) is 19.1 Å². The number of hydrogen-bond acceptors (Lipinski definition) is 2. The molecule has 0 fully saturated rings. The molecule has 0 bridgehead atoms. The number of benzene rings is 1. The van der Waals surface area contributed by atoms with Crippen LogP contribution < -0.4 is 0 Å². The average Bonchev–Trinajstić information content (AvgIpc) is 2.74. The van der Waals surface area contributed by atoms with Gasteiger partial charge in [-0.25, -0.2) is 13.8 Å². The Morgan fingerprint density at radius 2 is 2.19 bits per heavy atom. The summed E-state index contributed by atoms with van der Waals surface area (Å²) in [7, 11) is 0. The van der Waals surface area contributed by atoms with Crippen molar-refractivity contribution in [3.8, 4) is 0 Å². The summed E-state index contributed by atoms with van der Waals surface area (Å²) in [5.41, 5.74) is 0.357. The second kappa shape index (κ2) is 4.38. The molecule has 0 aliphatic heterocycles. The maximum absolute atomic E-state index is 13.5. The van der Waals surface area contributed by atoms with E-state index in [0.29, 0.717) is 12.1 Å². The van der Waals surface area contributed by atoms with Crippen LogP contribution in [0.15, 0.2) is 30.9 Å². The van der Waals surface area contributed by atoms with Crippen LogP contribution in [0.5, 0.6) is 0 Å². The highest BCUT2D eigenvalue weighted by atomic mass is 19.2. The van der Waals surface area contributed by atoms with E-state index in [1.54, 1.807) is 17.1 Å². The standard InChI is InChI=1S/C11H11F2N3/c1-8(5-16-7-14-6-15-16)9-3-2-4-10(12)11(9)13/h2-4,6-8H,5H2,1H3. The number of nitrogens with zero attached hydrogens (tertiary/aromatic N) is 3. The number of hydrogen-bond donors (Lipinski definition) is 0. The molecule has 1 atom stereocenters. The van der Waals surface area contributed by atoms with Crippen LogP contribution in [0, 0.1) is 11.6 Å². The summed E-state index contributed by atoms with van der Waals surface area (Å²) in [6.45, 7) is 2.29. The van der Waals surface area contributed by atoms with Crippen molar-refractivity contribution < 1.29 is 8.78 Å². The van der Waals surface area contributed by atoms with E-state index in [9.17, 15) is 8.78 Å². The van der Waals surface area contributed by atoms with E-state index in [1.807, 2.05) is 6.92 Å². The van der Waals surface area contributed by atoms with Gasteiger partial charge in [-0.05, 0) is 11.6 Å². The van der Waals surface area contributed by atoms with Gasteiger partial charge >= 0.3 is 0 Å². The van der Waals surface area contributed by atoms with Crippen LogP contribution >= 0.6 is 0 Å². The van der Waals surface area contributed by atoms with E-state index in [4.69, 9.17) is 0 Å². The highest BCUT2D eigenvalue weighted by molar-refractivity contribution is 5.22. The first kappa shape index (κ1) is 10.7. The zero-order chi connectivity index (χ0) is 11.5. The van der Waals surface area contributed by atoms with E-state index >= 15 is 0 Å². The molecule has 1 heterocycles. The molecule has 5 heteroatoms. The number of halogens is 2. The molecule has 84 valence electrons. The maximum Gasteiger partial charge on any atom is 0.162 e. The molecule has 0 N–H and O–H groups in total. The fraction of sp³-hybridized carbons (Fsp3) is 0.273. The molecule has 0 spiro atoms. The minimum Gasteiger partial charge on any atom is -0.252 e. The molecule has 0 saturated heterocycles. The molecular weight excluding hydrogens is 212 g/mol. The Kier molecular flexibility index (Phi) is 2.94. The third-order valence-electron chi connectivity index (χ3n) is 2.44. The highest BCUT2D eigenvalue weighted by Crippen LogP contribution is 2.21. The third-order valence-corrected chi connectivity index (χ3v) is 2.44. The first-order chi connectivity index (χ1) is 7.68. The Balaban J connectivity index is 2.21. The van der Waals surface area contributed by atoms with Crippen LogP contribution in [0.25, 0.3) is 0 Å². The molecular formula is C11H11F2N3. The maximum atomic E-state index is 13.5. The fourth-order valence-corrected chi connectivity index (χ4v) is 1.61. The molecule has 2 rings (SSSR count). The van der Waals surface area contributed by atoms with E-state index in [1.165, 1.54) is 12.4 Å². The van der Waals surface area contributed by atoms with Crippen molar-refractivity contribution in [2.24, 2.45) is 0 Å². The molecule has 0 amide bonds. The first-order valence-corrected chi connectivity index (χ1v) is 4.95. The predicted molar refractivity (Wildman–Crippen MR) is 54.8 cm³/mol. The van der Waals surface area contributed by atoms with Gasteiger partial charge in [-0.2, -0.15) is 5.10 Å². The van der Waals surface area contributed by atoms with Crippen molar-refractivity contribution in [3.63, 3.8) is 0 Å². The van der Waals surface area contributed by atoms with Gasteiger partial charge in [0.1, 0.15) is 12.7 Å². The van der Waals surface area contributed by atoms with Gasteiger partial charge < -0.3 is 0 Å². The summed E-state index contributed by atoms with van der Waals surface area (Å²) >= 11 is 0. The largest absolute Gasteiger partial charge is 0.252 e. The lowest BCUT2D eigenvalue weighted by Gasteiger charge is -2.12. The molecule has 1 unspecified atom stereocenters. The molecule has 1 aromatic heterocycles. The Morgan fingerprint density at radius 3 is 2.88 bits per heavy atom. The van der Waals surface area contributed by atoms with Gasteiger partial charge in [0.25, 0.3) is 0 Å². The van der Waals surface area contributed by atoms with Crippen molar-refractivity contribution in [3.05, 3.63) is 48.1 Å². The van der Waals surface area contributed by atoms with Crippen LogP contribution in [0.1, 0.15) is 18.4 Å². The van der Waals surface area contributed by atoms with Gasteiger partial charge in [-0.15, -0.1) is 0 Å². The topological polar surface area (TPSA) is 30.7 Å². The van der Waals surface area contributed by atoms with Gasteiger partial charge in [0, 0.05) is 12.5 Å². The second-order valence-corrected chi connectivity index (χ2v) is 3.66. The highest BCUT2D eigenvalue weighted by Gasteiger charge is 2.14. The van der Waals surface area contributed by atoms with Crippen molar-refractivity contribution in [2.45, 2.75) is 19.4 Å². The van der Waals surface area contributed by atoms with Crippen molar-refractivity contribution in [1.29, 1.82) is 0 Å². The smallest absolute Gasteiger partial charge is 0.162 e. The summed E-state index contributed by atoms with van der Waals surface area (Å²) in [5.74, 6) is -1.75. The van der Waals surface area contributed by atoms with Crippen molar-refractivity contribution in [2.75, 3.05) is 0 Å². The number of aromatic nitrogens is 3. The molecule has 2 aromatic rings. The summed E-state index contributed by atoms with van der Waals surface area (Å²) in [6, 6.07) is 4.20. The monoisotopic (exact) mass is 223 g/mol. The van der Waals surface area contributed by atoms with E-state index in [-0.39, 0.29) is 5.92 Å².